The molecule has 3 nitrogen and oxygen atoms in total. The minimum absolute atomic E-state index is 0. The SMILES string of the molecule is O=C([C-]=[W])CC(=O)[C](=[W])[C](O)=[W].[CH3-].[W]=[W].[W]=[W].[W]=[W]. The average molecular weight is 1790 g/mol. The Morgan fingerprint density at radius 3 is 1.47 bits per heavy atom. The van der Waals surface area contributed by atoms with E-state index in [1.54, 1.807) is 97.3 Å². The molecule has 0 amide bonds. The van der Waals surface area contributed by atoms with Gasteiger partial charge in [-0.15, -0.1) is 0 Å². The number of ketones is 2. The van der Waals surface area contributed by atoms with Crippen LogP contribution < -0.4 is 0 Å². The second-order valence-electron chi connectivity index (χ2n) is 1.76. The number of aliphatic hydroxyl groups excluding tert-OH is 1. The van der Waals surface area contributed by atoms with Gasteiger partial charge in [0.1, 0.15) is 0 Å². The van der Waals surface area contributed by atoms with Gasteiger partial charge in [0.15, 0.2) is 0 Å². The van der Waals surface area contributed by atoms with Crippen molar-refractivity contribution in [2.75, 3.05) is 0 Å². The van der Waals surface area contributed by atoms with Gasteiger partial charge in [-0.3, -0.25) is 0 Å². The molecule has 0 saturated heterocycles. The zero-order valence-corrected chi connectivity index (χ0v) is 35.5. The molecule has 19 heavy (non-hydrogen) atoms. The quantitative estimate of drug-likeness (QED) is 0.283. The van der Waals surface area contributed by atoms with Crippen molar-refractivity contribution in [1.29, 1.82) is 0 Å². The first-order chi connectivity index (χ1) is 8.49. The van der Waals surface area contributed by atoms with Crippen LogP contribution in [-0.2, 0) is 165 Å². The topological polar surface area (TPSA) is 54.4 Å². The van der Waals surface area contributed by atoms with Gasteiger partial charge in [0.25, 0.3) is 0 Å². The van der Waals surface area contributed by atoms with E-state index < -0.39 is 0 Å². The monoisotopic (exact) mass is 1790 g/mol. The van der Waals surface area contributed by atoms with E-state index in [9.17, 15) is 9.59 Å². The molecule has 0 aliphatic heterocycles. The van der Waals surface area contributed by atoms with Crippen molar-refractivity contribution in [3.63, 3.8) is 0 Å². The number of hydrogen-bond donors (Lipinski definition) is 1. The molecule has 108 valence electrons. The van der Waals surface area contributed by atoms with Crippen molar-refractivity contribution in [2.24, 2.45) is 0 Å². The summed E-state index contributed by atoms with van der Waals surface area (Å²) in [4.78, 5) is 21.9. The summed E-state index contributed by atoms with van der Waals surface area (Å²) in [6, 6.07) is 0. The maximum atomic E-state index is 11.1. The normalized spacial score (nSPS) is 6.16. The van der Waals surface area contributed by atoms with Crippen molar-refractivity contribution in [1.82, 2.24) is 0 Å². The van der Waals surface area contributed by atoms with E-state index in [2.05, 4.69) is 4.40 Å². The maximum absolute atomic E-state index is 11.1. The van der Waals surface area contributed by atoms with E-state index in [0.717, 1.165) is 58.1 Å². The Hall–Kier alpha value is 5.10. The first-order valence-corrected chi connectivity index (χ1v) is 40.6. The molecule has 0 atom stereocenters. The Balaban J connectivity index is -0.0000000816. The summed E-state index contributed by atoms with van der Waals surface area (Å²) >= 11 is 12.7. The molecule has 0 heterocycles. The molecule has 0 saturated carbocycles. The summed E-state index contributed by atoms with van der Waals surface area (Å²) in [5.74, 6) is -0.568. The number of aliphatic hydroxyl groups is 1. The van der Waals surface area contributed by atoms with Gasteiger partial charge >= 0.3 is 200 Å². The van der Waals surface area contributed by atoms with Crippen LogP contribution in [0.1, 0.15) is 6.42 Å². The molecular formula is C7H6O3W9-2. The van der Waals surface area contributed by atoms with Crippen molar-refractivity contribution >= 4 is 23.9 Å². The van der Waals surface area contributed by atoms with Gasteiger partial charge in [-0.2, -0.15) is 0 Å². The van der Waals surface area contributed by atoms with Crippen LogP contribution in [0.2, 0.25) is 0 Å². The van der Waals surface area contributed by atoms with Gasteiger partial charge in [-0.05, 0) is 0 Å². The van der Waals surface area contributed by atoms with Crippen molar-refractivity contribution < 1.29 is 170 Å². The Bertz CT molecular complexity index is 312. The number of carbonyl (C=O) groups excluding carboxylic acids is 2. The molecular weight excluding hydrogens is 1790 g/mol. The zero-order chi connectivity index (χ0) is 15.7. The predicted molar refractivity (Wildman–Crippen MR) is 38.0 cm³/mol. The van der Waals surface area contributed by atoms with Crippen molar-refractivity contribution in [3.8, 4) is 0 Å². The molecule has 0 fully saturated rings. The number of hydrogen-bond acceptors (Lipinski definition) is 3. The van der Waals surface area contributed by atoms with E-state index in [1.807, 2.05) is 0 Å². The summed E-state index contributed by atoms with van der Waals surface area (Å²) in [5.41, 5.74) is 0. The predicted octanol–water partition coefficient (Wildman–Crippen LogP) is -1.06. The van der Waals surface area contributed by atoms with Gasteiger partial charge < -0.3 is 7.43 Å². The van der Waals surface area contributed by atoms with Crippen LogP contribution in [0.4, 0.5) is 0 Å². The third-order valence-corrected chi connectivity index (χ3v) is 5.96. The molecule has 0 aromatic heterocycles. The summed E-state index contributed by atoms with van der Waals surface area (Å²) in [6.07, 6.45) is -0.153. The van der Waals surface area contributed by atoms with Crippen LogP contribution in [0.3, 0.4) is 0 Å². The van der Waals surface area contributed by atoms with E-state index in [4.69, 9.17) is 5.11 Å². The van der Waals surface area contributed by atoms with Crippen LogP contribution in [0.5, 0.6) is 0 Å². The summed E-state index contributed by atoms with van der Waals surface area (Å²) in [6.45, 7) is 0. The Kier molecular flexibility index (Phi) is 57.4. The second-order valence-corrected chi connectivity index (χ2v) is 5.35. The minimum atomic E-state index is -0.287. The van der Waals surface area contributed by atoms with Crippen LogP contribution >= 0.6 is 0 Å². The van der Waals surface area contributed by atoms with Gasteiger partial charge in [0, 0.05) is 0 Å². The summed E-state index contributed by atoms with van der Waals surface area (Å²) in [5, 5.41) is 8.97. The van der Waals surface area contributed by atoms with E-state index in [0.29, 0.717) is 3.90 Å². The first-order valence-electron chi connectivity index (χ1n) is 3.20. The van der Waals surface area contributed by atoms with Crippen molar-refractivity contribution in [3.05, 3.63) is 7.43 Å². The Morgan fingerprint density at radius 1 is 0.947 bits per heavy atom. The third-order valence-electron chi connectivity index (χ3n) is 0.882. The molecule has 0 aliphatic carbocycles. The van der Waals surface area contributed by atoms with Gasteiger partial charge in [0.2, 0.25) is 0 Å². The first kappa shape index (κ1) is 35.3. The number of carbonyl (C=O) groups is 2. The van der Waals surface area contributed by atoms with Crippen LogP contribution in [0.25, 0.3) is 0 Å². The van der Waals surface area contributed by atoms with Crippen molar-refractivity contribution in [2.45, 2.75) is 6.42 Å². The molecule has 1 N–H and O–H groups in total. The molecule has 0 aliphatic rings. The van der Waals surface area contributed by atoms with Crippen LogP contribution in [0.15, 0.2) is 0 Å². The third kappa shape index (κ3) is 28.2. The molecule has 0 bridgehead atoms. The fraction of sp³-hybridized carbons (Fsp3) is 0.143. The molecule has 0 radical (unpaired) electrons. The van der Waals surface area contributed by atoms with Gasteiger partial charge in [0.05, 0.1) is 0 Å². The van der Waals surface area contributed by atoms with Gasteiger partial charge in [-0.25, -0.2) is 0 Å². The zero-order valence-electron chi connectivity index (χ0n) is 9.15. The summed E-state index contributed by atoms with van der Waals surface area (Å²) in [7, 11) is 0. The average Bonchev–Trinajstić information content (AvgIpc) is 2.44. The molecule has 0 rings (SSSR count). The number of Topliss-reactive ketones (excluding diaryl/α,β-unsaturated/α-hetero) is 2. The molecule has 0 spiro atoms. The molecule has 0 aromatic rings. The molecule has 0 unspecified atom stereocenters. The number of rotatable bonds is 5. The second kappa shape index (κ2) is 30.9. The Morgan fingerprint density at radius 2 is 1.26 bits per heavy atom. The van der Waals surface area contributed by atoms with Gasteiger partial charge in [-0.1, -0.05) is 0 Å². The van der Waals surface area contributed by atoms with E-state index in [1.165, 1.54) is 0 Å². The molecule has 12 heteroatoms. The van der Waals surface area contributed by atoms with Crippen LogP contribution in [-0.4, -0.2) is 29.1 Å². The molecule has 0 aromatic carbocycles. The Labute approximate surface area is 203 Å². The van der Waals surface area contributed by atoms with E-state index >= 15 is 0 Å². The standard InChI is InChI=1S/C6H3O3.CH3.9W/c1-5(8)4-6(9)2-3-7;;;;;;;;;;/h7H,4H2;1H3;;;;;;;;;/q2*-1;;;;;;;;;. The van der Waals surface area contributed by atoms with E-state index in [-0.39, 0.29) is 29.5 Å². The fourth-order valence-electron chi connectivity index (χ4n) is 0.381. The summed E-state index contributed by atoms with van der Waals surface area (Å²) < 4.78 is 2.88. The van der Waals surface area contributed by atoms with Crippen LogP contribution in [0, 0.1) is 7.43 Å². The fourth-order valence-corrected chi connectivity index (χ4v) is 1.31.